The van der Waals surface area contributed by atoms with E-state index in [2.05, 4.69) is 4.98 Å². The molecule has 4 aromatic rings. The number of ketones is 1. The summed E-state index contributed by atoms with van der Waals surface area (Å²) in [5.41, 5.74) is 4.29. The van der Waals surface area contributed by atoms with Gasteiger partial charge in [0.25, 0.3) is 0 Å². The Morgan fingerprint density at radius 2 is 1.79 bits per heavy atom. The summed E-state index contributed by atoms with van der Waals surface area (Å²) in [5.74, 6) is 0.264. The molecule has 0 radical (unpaired) electrons. The van der Waals surface area contributed by atoms with Crippen LogP contribution in [-0.2, 0) is 6.61 Å². The van der Waals surface area contributed by atoms with Crippen LogP contribution in [0.2, 0.25) is 0 Å². The first kappa shape index (κ1) is 17.3. The maximum Gasteiger partial charge on any atom is 0.197 e. The Labute approximate surface area is 167 Å². The Kier molecular flexibility index (Phi) is 4.17. The summed E-state index contributed by atoms with van der Waals surface area (Å²) in [6.07, 6.45) is 3.74. The lowest BCUT2D eigenvalue weighted by atomic mass is 9.98. The summed E-state index contributed by atoms with van der Waals surface area (Å²) in [5, 5.41) is 0.496. The topological polar surface area (TPSA) is 39.2 Å². The van der Waals surface area contributed by atoms with Crippen LogP contribution < -0.4 is 4.74 Å². The standard InChI is InChI=1S/C25H16FNO2/c26-22-6-3-7-23-20(22)12-11-18(27-23)10-8-16-9-13-24-21(14-16)25(28)19-5-2-1-4-17(19)15-29-24/h1-14H,15H2. The minimum Gasteiger partial charge on any atom is -0.488 e. The smallest absolute Gasteiger partial charge is 0.197 e. The third-order valence-corrected chi connectivity index (χ3v) is 5.04. The number of fused-ring (bicyclic) bond motifs is 3. The van der Waals surface area contributed by atoms with Gasteiger partial charge in [-0.3, -0.25) is 4.79 Å². The number of aromatic nitrogens is 1. The van der Waals surface area contributed by atoms with Crippen LogP contribution in [0.5, 0.6) is 5.75 Å². The Hall–Kier alpha value is -3.79. The van der Waals surface area contributed by atoms with E-state index in [1.54, 1.807) is 24.3 Å². The van der Waals surface area contributed by atoms with E-state index >= 15 is 0 Å². The summed E-state index contributed by atoms with van der Waals surface area (Å²) >= 11 is 0. The first-order chi connectivity index (χ1) is 14.2. The second-order valence-electron chi connectivity index (χ2n) is 6.91. The van der Waals surface area contributed by atoms with Gasteiger partial charge in [-0.05, 0) is 48.0 Å². The normalized spacial score (nSPS) is 13.1. The number of rotatable bonds is 2. The van der Waals surface area contributed by atoms with E-state index in [1.165, 1.54) is 6.07 Å². The molecule has 0 fully saturated rings. The lowest BCUT2D eigenvalue weighted by molar-refractivity contribution is 0.103. The third kappa shape index (κ3) is 3.19. The van der Waals surface area contributed by atoms with E-state index in [9.17, 15) is 9.18 Å². The van der Waals surface area contributed by atoms with E-state index in [1.807, 2.05) is 54.6 Å². The number of hydrogen-bond donors (Lipinski definition) is 0. The molecule has 0 atom stereocenters. The van der Waals surface area contributed by atoms with Crippen LogP contribution in [-0.4, -0.2) is 10.8 Å². The molecule has 2 heterocycles. The van der Waals surface area contributed by atoms with Crippen LogP contribution in [0.1, 0.15) is 32.7 Å². The Morgan fingerprint density at radius 3 is 2.72 bits per heavy atom. The van der Waals surface area contributed by atoms with Crippen molar-refractivity contribution in [1.29, 1.82) is 0 Å². The molecule has 140 valence electrons. The number of carbonyl (C=O) groups is 1. The molecular weight excluding hydrogens is 365 g/mol. The second kappa shape index (κ2) is 6.99. The SMILES string of the molecule is O=C1c2ccccc2COc2ccc(C=Cc3ccc4c(F)cccc4n3)cc21. The molecule has 4 heteroatoms. The summed E-state index contributed by atoms with van der Waals surface area (Å²) in [7, 11) is 0. The van der Waals surface area contributed by atoms with Crippen molar-refractivity contribution in [3.8, 4) is 5.75 Å². The molecule has 3 nitrogen and oxygen atoms in total. The van der Waals surface area contributed by atoms with Crippen molar-refractivity contribution in [2.45, 2.75) is 6.61 Å². The van der Waals surface area contributed by atoms with Gasteiger partial charge in [0.15, 0.2) is 5.78 Å². The molecule has 1 aromatic heterocycles. The largest absolute Gasteiger partial charge is 0.488 e. The molecule has 0 bridgehead atoms. The molecule has 0 unspecified atom stereocenters. The second-order valence-corrected chi connectivity index (χ2v) is 6.91. The fourth-order valence-electron chi connectivity index (χ4n) is 3.53. The zero-order valence-electron chi connectivity index (χ0n) is 15.4. The number of ether oxygens (including phenoxy) is 1. The van der Waals surface area contributed by atoms with E-state index in [-0.39, 0.29) is 11.6 Å². The fourth-order valence-corrected chi connectivity index (χ4v) is 3.53. The van der Waals surface area contributed by atoms with E-state index in [4.69, 9.17) is 4.74 Å². The number of benzene rings is 3. The minimum atomic E-state index is -0.282. The molecule has 0 amide bonds. The number of carbonyl (C=O) groups excluding carboxylic acids is 1. The maximum atomic E-state index is 13.8. The van der Waals surface area contributed by atoms with Crippen molar-refractivity contribution in [3.63, 3.8) is 0 Å². The van der Waals surface area contributed by atoms with Gasteiger partial charge in [-0.15, -0.1) is 0 Å². The molecule has 1 aliphatic heterocycles. The molecule has 0 N–H and O–H groups in total. The van der Waals surface area contributed by atoms with Crippen molar-refractivity contribution in [1.82, 2.24) is 4.98 Å². The van der Waals surface area contributed by atoms with E-state index in [0.717, 1.165) is 11.1 Å². The predicted octanol–water partition coefficient (Wildman–Crippen LogP) is 5.67. The lowest BCUT2D eigenvalue weighted by Crippen LogP contribution is -2.02. The lowest BCUT2D eigenvalue weighted by Gasteiger charge is -2.07. The van der Waals surface area contributed by atoms with Gasteiger partial charge in [-0.2, -0.15) is 0 Å². The molecule has 1 aliphatic rings. The molecule has 5 rings (SSSR count). The van der Waals surface area contributed by atoms with Gasteiger partial charge in [-0.1, -0.05) is 42.5 Å². The summed E-state index contributed by atoms with van der Waals surface area (Å²) in [4.78, 5) is 17.5. The van der Waals surface area contributed by atoms with Crippen molar-refractivity contribution in [2.24, 2.45) is 0 Å². The highest BCUT2D eigenvalue weighted by atomic mass is 19.1. The summed E-state index contributed by atoms with van der Waals surface area (Å²) < 4.78 is 19.6. The van der Waals surface area contributed by atoms with Crippen LogP contribution in [0, 0.1) is 5.82 Å². The van der Waals surface area contributed by atoms with Crippen LogP contribution in [0.25, 0.3) is 23.1 Å². The van der Waals surface area contributed by atoms with Crippen molar-refractivity contribution in [2.75, 3.05) is 0 Å². The first-order valence-corrected chi connectivity index (χ1v) is 9.32. The van der Waals surface area contributed by atoms with Crippen molar-refractivity contribution in [3.05, 3.63) is 107 Å². The summed E-state index contributed by atoms with van der Waals surface area (Å²) in [6, 6.07) is 21.4. The number of pyridine rings is 1. The molecule has 0 saturated carbocycles. The van der Waals surface area contributed by atoms with Gasteiger partial charge in [0.1, 0.15) is 18.2 Å². The highest BCUT2D eigenvalue weighted by molar-refractivity contribution is 6.12. The zero-order valence-corrected chi connectivity index (χ0v) is 15.4. The van der Waals surface area contributed by atoms with Crippen LogP contribution in [0.3, 0.4) is 0 Å². The first-order valence-electron chi connectivity index (χ1n) is 9.32. The molecule has 0 spiro atoms. The van der Waals surface area contributed by atoms with E-state index in [0.29, 0.717) is 40.1 Å². The Bertz CT molecular complexity index is 1290. The van der Waals surface area contributed by atoms with Crippen molar-refractivity contribution < 1.29 is 13.9 Å². The van der Waals surface area contributed by atoms with Gasteiger partial charge in [0.05, 0.1) is 16.8 Å². The molecule has 0 saturated heterocycles. The fraction of sp³-hybridized carbons (Fsp3) is 0.0400. The number of hydrogen-bond acceptors (Lipinski definition) is 3. The van der Waals surface area contributed by atoms with Gasteiger partial charge in [-0.25, -0.2) is 9.37 Å². The minimum absolute atomic E-state index is 0.0392. The average molecular weight is 381 g/mol. The van der Waals surface area contributed by atoms with Crippen LogP contribution >= 0.6 is 0 Å². The number of nitrogens with zero attached hydrogens (tertiary/aromatic N) is 1. The molecular formula is C25H16FNO2. The van der Waals surface area contributed by atoms with Gasteiger partial charge >= 0.3 is 0 Å². The molecule has 3 aromatic carbocycles. The summed E-state index contributed by atoms with van der Waals surface area (Å²) in [6.45, 7) is 0.377. The quantitative estimate of drug-likeness (QED) is 0.449. The van der Waals surface area contributed by atoms with Crippen LogP contribution in [0.15, 0.2) is 72.8 Å². The maximum absolute atomic E-state index is 13.8. The van der Waals surface area contributed by atoms with Gasteiger partial charge in [0.2, 0.25) is 0 Å². The zero-order chi connectivity index (χ0) is 19.8. The van der Waals surface area contributed by atoms with Crippen LogP contribution in [0.4, 0.5) is 4.39 Å². The predicted molar refractivity (Wildman–Crippen MR) is 111 cm³/mol. The Morgan fingerprint density at radius 1 is 0.897 bits per heavy atom. The van der Waals surface area contributed by atoms with Crippen molar-refractivity contribution >= 4 is 28.8 Å². The monoisotopic (exact) mass is 381 g/mol. The third-order valence-electron chi connectivity index (χ3n) is 5.04. The van der Waals surface area contributed by atoms with E-state index < -0.39 is 0 Å². The number of halogens is 1. The van der Waals surface area contributed by atoms with Gasteiger partial charge in [0, 0.05) is 16.5 Å². The highest BCUT2D eigenvalue weighted by Crippen LogP contribution is 2.29. The molecule has 29 heavy (non-hydrogen) atoms. The Balaban J connectivity index is 1.49. The average Bonchev–Trinajstić information content (AvgIpc) is 2.89. The highest BCUT2D eigenvalue weighted by Gasteiger charge is 2.21. The molecule has 0 aliphatic carbocycles. The van der Waals surface area contributed by atoms with Gasteiger partial charge < -0.3 is 4.74 Å².